The number of rotatable bonds is 4. The van der Waals surface area contributed by atoms with Crippen molar-refractivity contribution in [2.45, 2.75) is 4.90 Å². The summed E-state index contributed by atoms with van der Waals surface area (Å²) in [5, 5.41) is 8.89. The fraction of sp³-hybridized carbons (Fsp3) is 0. The molecule has 0 atom stereocenters. The first-order chi connectivity index (χ1) is 9.97. The molecule has 0 bridgehead atoms. The van der Waals surface area contributed by atoms with Gasteiger partial charge >= 0.3 is 0 Å². The van der Waals surface area contributed by atoms with Crippen LogP contribution >= 0.6 is 0 Å². The van der Waals surface area contributed by atoms with E-state index in [1.165, 1.54) is 30.5 Å². The van der Waals surface area contributed by atoms with Crippen molar-refractivity contribution in [2.75, 3.05) is 10.1 Å². The van der Waals surface area contributed by atoms with Crippen LogP contribution in [0, 0.1) is 17.1 Å². The molecule has 0 aliphatic heterocycles. The van der Waals surface area contributed by atoms with Crippen molar-refractivity contribution in [2.24, 2.45) is 5.84 Å². The van der Waals surface area contributed by atoms with Gasteiger partial charge in [0.1, 0.15) is 23.3 Å². The quantitative estimate of drug-likeness (QED) is 0.576. The Hall–Kier alpha value is -2.70. The highest BCUT2D eigenvalue weighted by molar-refractivity contribution is 7.92. The standard InChI is InChI=1S/C12H10FN5O2S/c13-10-2-1-3-11(9(10)7-14)18-21(19,20)8-4-5-16-12(6-8)17-15/h1-6,18H,15H2,(H,16,17). The van der Waals surface area contributed by atoms with Gasteiger partial charge < -0.3 is 5.43 Å². The molecule has 0 saturated heterocycles. The molecule has 21 heavy (non-hydrogen) atoms. The first-order valence-corrected chi connectivity index (χ1v) is 7.10. The van der Waals surface area contributed by atoms with E-state index in [4.69, 9.17) is 11.1 Å². The second-order valence-corrected chi connectivity index (χ2v) is 5.58. The summed E-state index contributed by atoms with van der Waals surface area (Å²) in [6.45, 7) is 0. The monoisotopic (exact) mass is 307 g/mol. The summed E-state index contributed by atoms with van der Waals surface area (Å²) in [4.78, 5) is 3.66. The first-order valence-electron chi connectivity index (χ1n) is 5.62. The number of nitrogens with two attached hydrogens (primary N) is 1. The van der Waals surface area contributed by atoms with Gasteiger partial charge in [0.2, 0.25) is 0 Å². The number of halogens is 1. The number of nitrogen functional groups attached to an aromatic ring is 1. The normalized spacial score (nSPS) is 10.7. The van der Waals surface area contributed by atoms with E-state index in [1.54, 1.807) is 6.07 Å². The molecule has 1 aromatic heterocycles. The zero-order chi connectivity index (χ0) is 15.5. The Morgan fingerprint density at radius 2 is 2.10 bits per heavy atom. The van der Waals surface area contributed by atoms with Gasteiger partial charge in [-0.15, -0.1) is 0 Å². The number of hydrogen-bond acceptors (Lipinski definition) is 6. The minimum Gasteiger partial charge on any atom is -0.308 e. The molecular formula is C12H10FN5O2S. The van der Waals surface area contributed by atoms with E-state index < -0.39 is 15.8 Å². The molecule has 9 heteroatoms. The average molecular weight is 307 g/mol. The van der Waals surface area contributed by atoms with Crippen LogP contribution in [0.3, 0.4) is 0 Å². The number of nitrogens with one attached hydrogen (secondary N) is 2. The largest absolute Gasteiger partial charge is 0.308 e. The molecule has 0 aliphatic carbocycles. The van der Waals surface area contributed by atoms with Gasteiger partial charge in [0, 0.05) is 12.3 Å². The zero-order valence-electron chi connectivity index (χ0n) is 10.5. The van der Waals surface area contributed by atoms with Gasteiger partial charge in [-0.2, -0.15) is 5.26 Å². The van der Waals surface area contributed by atoms with Crippen LogP contribution in [0.5, 0.6) is 0 Å². The number of sulfonamides is 1. The smallest absolute Gasteiger partial charge is 0.262 e. The molecule has 0 unspecified atom stereocenters. The molecule has 2 rings (SSSR count). The van der Waals surface area contributed by atoms with E-state index in [0.717, 1.165) is 6.07 Å². The summed E-state index contributed by atoms with van der Waals surface area (Å²) in [5.41, 5.74) is 1.70. The van der Waals surface area contributed by atoms with E-state index in [0.29, 0.717) is 0 Å². The number of pyridine rings is 1. The molecule has 0 fully saturated rings. The molecule has 1 heterocycles. The molecule has 7 nitrogen and oxygen atoms in total. The van der Waals surface area contributed by atoms with Gasteiger partial charge in [0.15, 0.2) is 0 Å². The van der Waals surface area contributed by atoms with Gasteiger partial charge in [-0.25, -0.2) is 23.6 Å². The minimum atomic E-state index is -4.00. The van der Waals surface area contributed by atoms with Crippen LogP contribution in [0.4, 0.5) is 15.9 Å². The Bertz CT molecular complexity index is 817. The number of benzene rings is 1. The predicted molar refractivity (Wildman–Crippen MR) is 74.0 cm³/mol. The van der Waals surface area contributed by atoms with Gasteiger partial charge in [-0.05, 0) is 18.2 Å². The highest BCUT2D eigenvalue weighted by Gasteiger charge is 2.18. The second-order valence-electron chi connectivity index (χ2n) is 3.90. The van der Waals surface area contributed by atoms with Crippen LogP contribution in [0.15, 0.2) is 41.4 Å². The van der Waals surface area contributed by atoms with Crippen molar-refractivity contribution in [1.82, 2.24) is 4.98 Å². The number of hydrogen-bond donors (Lipinski definition) is 3. The van der Waals surface area contributed by atoms with Crippen molar-refractivity contribution in [3.63, 3.8) is 0 Å². The fourth-order valence-corrected chi connectivity index (χ4v) is 2.67. The third-order valence-corrected chi connectivity index (χ3v) is 3.92. The SMILES string of the molecule is N#Cc1c(F)cccc1NS(=O)(=O)c1ccnc(NN)c1. The molecule has 0 spiro atoms. The lowest BCUT2D eigenvalue weighted by molar-refractivity contribution is 0.601. The van der Waals surface area contributed by atoms with Crippen molar-refractivity contribution in [3.05, 3.63) is 47.9 Å². The Labute approximate surface area is 120 Å². The van der Waals surface area contributed by atoms with Crippen LogP contribution in [0.25, 0.3) is 0 Å². The zero-order valence-corrected chi connectivity index (χ0v) is 11.4. The van der Waals surface area contributed by atoms with E-state index in [1.807, 2.05) is 0 Å². The summed E-state index contributed by atoms with van der Waals surface area (Å²) >= 11 is 0. The second kappa shape index (κ2) is 5.74. The molecule has 4 N–H and O–H groups in total. The van der Waals surface area contributed by atoms with Gasteiger partial charge in [0.05, 0.1) is 10.6 Å². The van der Waals surface area contributed by atoms with Crippen molar-refractivity contribution >= 4 is 21.5 Å². The Kier molecular flexibility index (Phi) is 4.02. The van der Waals surface area contributed by atoms with Gasteiger partial charge in [-0.1, -0.05) is 6.07 Å². The van der Waals surface area contributed by atoms with Crippen LogP contribution in [-0.2, 0) is 10.0 Å². The number of nitriles is 1. The lowest BCUT2D eigenvalue weighted by atomic mass is 10.2. The lowest BCUT2D eigenvalue weighted by Gasteiger charge is -2.10. The van der Waals surface area contributed by atoms with Crippen LogP contribution in [-0.4, -0.2) is 13.4 Å². The molecular weight excluding hydrogens is 297 g/mol. The van der Waals surface area contributed by atoms with Crippen LogP contribution in [0.1, 0.15) is 5.56 Å². The minimum absolute atomic E-state index is 0.126. The molecule has 1 aromatic carbocycles. The van der Waals surface area contributed by atoms with Crippen molar-refractivity contribution < 1.29 is 12.8 Å². The third-order valence-electron chi connectivity index (χ3n) is 2.56. The number of anilines is 2. The summed E-state index contributed by atoms with van der Waals surface area (Å²) in [7, 11) is -4.00. The average Bonchev–Trinajstić information content (AvgIpc) is 2.47. The van der Waals surface area contributed by atoms with Crippen molar-refractivity contribution in [3.8, 4) is 6.07 Å². The summed E-state index contributed by atoms with van der Waals surface area (Å²) in [6.07, 6.45) is 1.25. The number of aromatic nitrogens is 1. The highest BCUT2D eigenvalue weighted by Crippen LogP contribution is 2.22. The van der Waals surface area contributed by atoms with E-state index in [2.05, 4.69) is 15.1 Å². The molecule has 0 amide bonds. The maximum Gasteiger partial charge on any atom is 0.262 e. The molecule has 0 aliphatic rings. The first kappa shape index (κ1) is 14.7. The molecule has 0 saturated carbocycles. The van der Waals surface area contributed by atoms with Gasteiger partial charge in [-0.3, -0.25) is 4.72 Å². The van der Waals surface area contributed by atoms with Crippen LogP contribution in [0.2, 0.25) is 0 Å². The van der Waals surface area contributed by atoms with Gasteiger partial charge in [0.25, 0.3) is 10.0 Å². The van der Waals surface area contributed by atoms with E-state index in [9.17, 15) is 12.8 Å². The Morgan fingerprint density at radius 3 is 2.76 bits per heavy atom. The predicted octanol–water partition coefficient (Wildman–Crippen LogP) is 1.18. The third kappa shape index (κ3) is 3.07. The maximum absolute atomic E-state index is 13.5. The summed E-state index contributed by atoms with van der Waals surface area (Å²) < 4.78 is 40.0. The number of hydrazine groups is 1. The summed E-state index contributed by atoms with van der Waals surface area (Å²) in [5.74, 6) is 4.50. The van der Waals surface area contributed by atoms with Crippen molar-refractivity contribution in [1.29, 1.82) is 5.26 Å². The Balaban J connectivity index is 2.43. The fourth-order valence-electron chi connectivity index (χ4n) is 1.58. The lowest BCUT2D eigenvalue weighted by Crippen LogP contribution is -2.15. The molecule has 2 aromatic rings. The topological polar surface area (TPSA) is 121 Å². The molecule has 0 radical (unpaired) electrons. The summed E-state index contributed by atoms with van der Waals surface area (Å²) in [6, 6.07) is 7.72. The number of nitrogens with zero attached hydrogens (tertiary/aromatic N) is 2. The van der Waals surface area contributed by atoms with E-state index in [-0.39, 0.29) is 22.0 Å². The maximum atomic E-state index is 13.5. The van der Waals surface area contributed by atoms with E-state index >= 15 is 0 Å². The van der Waals surface area contributed by atoms with Crippen LogP contribution < -0.4 is 16.0 Å². The highest BCUT2D eigenvalue weighted by atomic mass is 32.2. The Morgan fingerprint density at radius 1 is 1.33 bits per heavy atom. The molecule has 108 valence electrons.